The standard InChI is InChI=1S/C17H30N2O2/c1-2-14-3-4-17(20)15(11-14)12-18-6-5-16(13-18)19-7-9-21-10-8-19/h14-16H,2-13H2,1H3. The van der Waals surface area contributed by atoms with Crippen molar-refractivity contribution in [3.05, 3.63) is 0 Å². The number of morpholine rings is 1. The number of hydrogen-bond acceptors (Lipinski definition) is 4. The van der Waals surface area contributed by atoms with Crippen molar-refractivity contribution in [3.63, 3.8) is 0 Å². The molecule has 2 aliphatic heterocycles. The van der Waals surface area contributed by atoms with Crippen LogP contribution in [-0.2, 0) is 9.53 Å². The Morgan fingerprint density at radius 2 is 2.00 bits per heavy atom. The van der Waals surface area contributed by atoms with E-state index in [1.54, 1.807) is 0 Å². The van der Waals surface area contributed by atoms with E-state index < -0.39 is 0 Å². The summed E-state index contributed by atoms with van der Waals surface area (Å²) in [5.41, 5.74) is 0. The second-order valence-corrected chi connectivity index (χ2v) is 7.06. The van der Waals surface area contributed by atoms with Gasteiger partial charge in [-0.2, -0.15) is 0 Å². The third kappa shape index (κ3) is 3.85. The van der Waals surface area contributed by atoms with Crippen LogP contribution in [0.25, 0.3) is 0 Å². The molecule has 0 N–H and O–H groups in total. The van der Waals surface area contributed by atoms with Crippen LogP contribution in [0.5, 0.6) is 0 Å². The van der Waals surface area contributed by atoms with Gasteiger partial charge in [0.05, 0.1) is 13.2 Å². The highest BCUT2D eigenvalue weighted by Crippen LogP contribution is 2.30. The Morgan fingerprint density at radius 3 is 2.76 bits per heavy atom. The van der Waals surface area contributed by atoms with Gasteiger partial charge in [-0.05, 0) is 31.7 Å². The minimum absolute atomic E-state index is 0.312. The van der Waals surface area contributed by atoms with Crippen LogP contribution < -0.4 is 0 Å². The molecule has 1 aliphatic carbocycles. The lowest BCUT2D eigenvalue weighted by molar-refractivity contribution is -0.126. The molecule has 0 spiro atoms. The molecule has 1 saturated carbocycles. The molecule has 0 aromatic heterocycles. The molecule has 3 rings (SSSR count). The predicted molar refractivity (Wildman–Crippen MR) is 83.4 cm³/mol. The topological polar surface area (TPSA) is 32.8 Å². The van der Waals surface area contributed by atoms with Crippen molar-refractivity contribution in [2.75, 3.05) is 45.9 Å². The Balaban J connectivity index is 1.48. The number of carbonyl (C=O) groups excluding carboxylic acids is 1. The van der Waals surface area contributed by atoms with E-state index in [0.29, 0.717) is 17.7 Å². The molecule has 21 heavy (non-hydrogen) atoms. The van der Waals surface area contributed by atoms with E-state index in [9.17, 15) is 4.79 Å². The summed E-state index contributed by atoms with van der Waals surface area (Å²) in [6, 6.07) is 0.689. The van der Waals surface area contributed by atoms with Crippen LogP contribution in [0.3, 0.4) is 0 Å². The van der Waals surface area contributed by atoms with Gasteiger partial charge in [-0.1, -0.05) is 13.3 Å². The van der Waals surface area contributed by atoms with E-state index in [1.807, 2.05) is 0 Å². The highest BCUT2D eigenvalue weighted by molar-refractivity contribution is 5.81. The Morgan fingerprint density at radius 1 is 1.19 bits per heavy atom. The van der Waals surface area contributed by atoms with Crippen LogP contribution >= 0.6 is 0 Å². The molecule has 0 aromatic carbocycles. The summed E-state index contributed by atoms with van der Waals surface area (Å²) < 4.78 is 5.45. The molecule has 0 aromatic rings. The first-order valence-electron chi connectivity index (χ1n) is 8.83. The van der Waals surface area contributed by atoms with Gasteiger partial charge in [-0.3, -0.25) is 9.69 Å². The summed E-state index contributed by atoms with van der Waals surface area (Å²) in [7, 11) is 0. The predicted octanol–water partition coefficient (Wildman–Crippen LogP) is 1.79. The molecule has 0 bridgehead atoms. The number of nitrogens with zero attached hydrogens (tertiary/aromatic N) is 2. The van der Waals surface area contributed by atoms with Crippen molar-refractivity contribution in [1.29, 1.82) is 0 Å². The maximum Gasteiger partial charge on any atom is 0.137 e. The second-order valence-electron chi connectivity index (χ2n) is 7.06. The van der Waals surface area contributed by atoms with Crippen LogP contribution in [0.1, 0.15) is 39.0 Å². The van der Waals surface area contributed by atoms with E-state index in [2.05, 4.69) is 16.7 Å². The van der Waals surface area contributed by atoms with E-state index in [4.69, 9.17) is 4.74 Å². The van der Waals surface area contributed by atoms with E-state index in [0.717, 1.165) is 64.6 Å². The van der Waals surface area contributed by atoms with Crippen molar-refractivity contribution in [3.8, 4) is 0 Å². The quantitative estimate of drug-likeness (QED) is 0.791. The molecule has 120 valence electrons. The minimum Gasteiger partial charge on any atom is -0.379 e. The van der Waals surface area contributed by atoms with Crippen LogP contribution in [0.4, 0.5) is 0 Å². The third-order valence-corrected chi connectivity index (χ3v) is 5.74. The molecule has 3 unspecified atom stereocenters. The lowest BCUT2D eigenvalue weighted by atomic mass is 9.79. The Bertz CT molecular complexity index is 355. The summed E-state index contributed by atoms with van der Waals surface area (Å²) in [5, 5.41) is 0. The fourth-order valence-corrected chi connectivity index (χ4v) is 4.28. The van der Waals surface area contributed by atoms with Gasteiger partial charge in [-0.15, -0.1) is 0 Å². The van der Waals surface area contributed by atoms with Gasteiger partial charge in [-0.25, -0.2) is 0 Å². The maximum atomic E-state index is 12.2. The number of ether oxygens (including phenoxy) is 1. The van der Waals surface area contributed by atoms with Gasteiger partial charge in [0.25, 0.3) is 0 Å². The van der Waals surface area contributed by atoms with Gasteiger partial charge in [0.1, 0.15) is 5.78 Å². The fraction of sp³-hybridized carbons (Fsp3) is 0.941. The van der Waals surface area contributed by atoms with Crippen molar-refractivity contribution < 1.29 is 9.53 Å². The fourth-order valence-electron chi connectivity index (χ4n) is 4.28. The average molecular weight is 294 g/mol. The first-order chi connectivity index (χ1) is 10.3. The summed E-state index contributed by atoms with van der Waals surface area (Å²) in [6.07, 6.45) is 5.58. The highest BCUT2D eigenvalue weighted by atomic mass is 16.5. The van der Waals surface area contributed by atoms with Crippen LogP contribution in [-0.4, -0.2) is 67.6 Å². The van der Waals surface area contributed by atoms with E-state index >= 15 is 0 Å². The van der Waals surface area contributed by atoms with Gasteiger partial charge < -0.3 is 9.64 Å². The van der Waals surface area contributed by atoms with Gasteiger partial charge >= 0.3 is 0 Å². The summed E-state index contributed by atoms with van der Waals surface area (Å²) in [4.78, 5) is 17.3. The second kappa shape index (κ2) is 7.21. The number of carbonyl (C=O) groups is 1. The van der Waals surface area contributed by atoms with Crippen LogP contribution in [0, 0.1) is 11.8 Å². The zero-order chi connectivity index (χ0) is 14.7. The van der Waals surface area contributed by atoms with Gasteiger partial charge in [0, 0.05) is 44.6 Å². The first-order valence-corrected chi connectivity index (χ1v) is 8.83. The largest absolute Gasteiger partial charge is 0.379 e. The molecule has 3 atom stereocenters. The molecular weight excluding hydrogens is 264 g/mol. The molecule has 0 amide bonds. The third-order valence-electron chi connectivity index (χ3n) is 5.74. The van der Waals surface area contributed by atoms with Crippen molar-refractivity contribution in [2.45, 2.75) is 45.1 Å². The highest BCUT2D eigenvalue weighted by Gasteiger charge is 2.33. The SMILES string of the molecule is CCC1CCC(=O)C(CN2CCC(N3CCOCC3)C2)C1. The molecule has 2 heterocycles. The molecule has 3 fully saturated rings. The summed E-state index contributed by atoms with van der Waals surface area (Å²) >= 11 is 0. The number of Topliss-reactive ketones (excluding diaryl/α,β-unsaturated/α-hetero) is 1. The van der Waals surface area contributed by atoms with E-state index in [1.165, 1.54) is 19.4 Å². The maximum absolute atomic E-state index is 12.2. The van der Waals surface area contributed by atoms with Crippen LogP contribution in [0.15, 0.2) is 0 Å². The minimum atomic E-state index is 0.312. The smallest absolute Gasteiger partial charge is 0.137 e. The average Bonchev–Trinajstić information content (AvgIpc) is 2.99. The molecule has 4 heteroatoms. The van der Waals surface area contributed by atoms with E-state index in [-0.39, 0.29) is 0 Å². The van der Waals surface area contributed by atoms with Crippen LogP contribution in [0.2, 0.25) is 0 Å². The normalized spacial score (nSPS) is 36.2. The lowest BCUT2D eigenvalue weighted by Crippen LogP contribution is -2.45. The van der Waals surface area contributed by atoms with Crippen molar-refractivity contribution in [2.24, 2.45) is 11.8 Å². The van der Waals surface area contributed by atoms with Crippen molar-refractivity contribution >= 4 is 5.78 Å². The molecular formula is C17H30N2O2. The zero-order valence-corrected chi connectivity index (χ0v) is 13.4. The zero-order valence-electron chi connectivity index (χ0n) is 13.4. The molecule has 2 saturated heterocycles. The molecule has 3 aliphatic rings. The Labute approximate surface area is 128 Å². The first kappa shape index (κ1) is 15.4. The summed E-state index contributed by atoms with van der Waals surface area (Å²) in [5.74, 6) is 1.62. The Kier molecular flexibility index (Phi) is 5.30. The Hall–Kier alpha value is -0.450. The monoisotopic (exact) mass is 294 g/mol. The molecule has 0 radical (unpaired) electrons. The summed E-state index contributed by atoms with van der Waals surface area (Å²) in [6.45, 7) is 9.53. The number of likely N-dealkylation sites (tertiary alicyclic amines) is 1. The number of hydrogen-bond donors (Lipinski definition) is 0. The molecule has 4 nitrogen and oxygen atoms in total. The van der Waals surface area contributed by atoms with Gasteiger partial charge in [0.15, 0.2) is 0 Å². The number of rotatable bonds is 4. The van der Waals surface area contributed by atoms with Crippen molar-refractivity contribution in [1.82, 2.24) is 9.80 Å². The lowest BCUT2D eigenvalue weighted by Gasteiger charge is -2.33. The van der Waals surface area contributed by atoms with Gasteiger partial charge in [0.2, 0.25) is 0 Å². The number of ketones is 1.